The Kier molecular flexibility index (Phi) is 14.2. The lowest BCUT2D eigenvalue weighted by atomic mass is 10.1. The average Bonchev–Trinajstić information content (AvgIpc) is 3.18. The molecule has 0 aliphatic carbocycles. The zero-order valence-electron chi connectivity index (χ0n) is 29.8. The van der Waals surface area contributed by atoms with Crippen molar-refractivity contribution >= 4 is 17.5 Å². The molecule has 1 N–H and O–H groups in total. The third-order valence-electron chi connectivity index (χ3n) is 7.77. The van der Waals surface area contributed by atoms with Crippen molar-refractivity contribution in [2.24, 2.45) is 0 Å². The summed E-state index contributed by atoms with van der Waals surface area (Å²) in [5.41, 5.74) is 3.58. The van der Waals surface area contributed by atoms with Crippen molar-refractivity contribution in [2.75, 3.05) is 46.5 Å². The monoisotopic (exact) mass is 692 g/mol. The van der Waals surface area contributed by atoms with Crippen molar-refractivity contribution in [3.63, 3.8) is 0 Å². The van der Waals surface area contributed by atoms with E-state index in [2.05, 4.69) is 15.3 Å². The Morgan fingerprint density at radius 2 is 1.35 bits per heavy atom. The molecule has 5 rings (SSSR count). The number of pyridine rings is 2. The summed E-state index contributed by atoms with van der Waals surface area (Å²) in [5, 5.41) is 2.90. The highest BCUT2D eigenvalue weighted by Crippen LogP contribution is 2.38. The topological polar surface area (TPSA) is 121 Å². The van der Waals surface area contributed by atoms with Crippen LogP contribution in [0.1, 0.15) is 52.0 Å². The van der Waals surface area contributed by atoms with Gasteiger partial charge in [0.05, 0.1) is 46.8 Å². The van der Waals surface area contributed by atoms with E-state index in [1.165, 1.54) is 21.3 Å². The molecule has 1 atom stereocenters. The van der Waals surface area contributed by atoms with E-state index in [1.54, 1.807) is 60.8 Å². The summed E-state index contributed by atoms with van der Waals surface area (Å²) in [4.78, 5) is 36.1. The minimum atomic E-state index is -0.248. The number of carbonyl (C=O) groups excluding carboxylic acids is 2. The fraction of sp³-hybridized carbons (Fsp3) is 0.250. The van der Waals surface area contributed by atoms with Gasteiger partial charge in [0, 0.05) is 47.9 Å². The quantitative estimate of drug-likeness (QED) is 0.131. The molecule has 11 heteroatoms. The van der Waals surface area contributed by atoms with Crippen molar-refractivity contribution < 1.29 is 33.3 Å². The second-order valence-corrected chi connectivity index (χ2v) is 11.0. The molecule has 2 amide bonds. The highest BCUT2D eigenvalue weighted by molar-refractivity contribution is 6.06. The number of aromatic nitrogens is 2. The summed E-state index contributed by atoms with van der Waals surface area (Å²) in [7, 11) is 6.14. The number of carbonyl (C=O) groups is 2. The van der Waals surface area contributed by atoms with Gasteiger partial charge < -0.3 is 33.9 Å². The molecule has 0 aliphatic rings. The maximum absolute atomic E-state index is 13.2. The second-order valence-electron chi connectivity index (χ2n) is 11.0. The van der Waals surface area contributed by atoms with Crippen LogP contribution in [-0.4, -0.2) is 63.4 Å². The molecule has 0 saturated heterocycles. The summed E-state index contributed by atoms with van der Waals surface area (Å²) < 4.78 is 26.5. The second kappa shape index (κ2) is 19.2. The van der Waals surface area contributed by atoms with Crippen molar-refractivity contribution in [3.8, 4) is 28.7 Å². The number of amides is 2. The summed E-state index contributed by atoms with van der Waals surface area (Å²) in [6.07, 6.45) is 4.12. The van der Waals surface area contributed by atoms with E-state index < -0.39 is 0 Å². The van der Waals surface area contributed by atoms with Crippen LogP contribution in [0.5, 0.6) is 28.7 Å². The number of ether oxygens (including phenoxy) is 5. The van der Waals surface area contributed by atoms with Crippen molar-refractivity contribution in [1.29, 1.82) is 0 Å². The standard InChI is InChI=1S/C23H24N2O3.C17H20N2O4/c1-3-28-22-13-9-20(10-14-22)25(17-15-19-6-4-5-16-24-19)23(26)18-7-11-21(27-2)12-8-18;1-11(13-7-5-6-8-18-13)19-17(20)12-9-14(21-2)16(23-4)15(10-12)22-3/h4-14,16H,3,15,17H2,1-2H3;5-11H,1-4H3,(H,19,20). The van der Waals surface area contributed by atoms with E-state index >= 15 is 0 Å². The van der Waals surface area contributed by atoms with E-state index in [-0.39, 0.29) is 17.9 Å². The highest BCUT2D eigenvalue weighted by Gasteiger charge is 2.20. The van der Waals surface area contributed by atoms with Crippen LogP contribution < -0.4 is 33.9 Å². The normalized spacial score (nSPS) is 10.9. The third-order valence-corrected chi connectivity index (χ3v) is 7.77. The Labute approximate surface area is 299 Å². The van der Waals surface area contributed by atoms with Crippen LogP contribution in [0.15, 0.2) is 109 Å². The molecule has 0 spiro atoms. The van der Waals surface area contributed by atoms with E-state index in [0.717, 1.165) is 28.6 Å². The van der Waals surface area contributed by atoms with Gasteiger partial charge in [-0.3, -0.25) is 19.6 Å². The molecule has 0 fully saturated rings. The van der Waals surface area contributed by atoms with E-state index in [0.29, 0.717) is 47.9 Å². The molecule has 0 bridgehead atoms. The summed E-state index contributed by atoms with van der Waals surface area (Å²) in [5.74, 6) is 2.50. The van der Waals surface area contributed by atoms with Gasteiger partial charge >= 0.3 is 0 Å². The molecule has 1 unspecified atom stereocenters. The number of nitrogens with zero attached hydrogens (tertiary/aromatic N) is 3. The summed E-state index contributed by atoms with van der Waals surface area (Å²) >= 11 is 0. The molecule has 3 aromatic carbocycles. The van der Waals surface area contributed by atoms with Crippen LogP contribution in [0.2, 0.25) is 0 Å². The van der Waals surface area contributed by atoms with E-state index in [4.69, 9.17) is 23.7 Å². The van der Waals surface area contributed by atoms with Crippen LogP contribution in [0, 0.1) is 0 Å². The Bertz CT molecular complexity index is 1800. The number of hydrogen-bond acceptors (Lipinski definition) is 9. The summed E-state index contributed by atoms with van der Waals surface area (Å²) in [6, 6.07) is 29.1. The molecule has 2 aromatic heterocycles. The van der Waals surface area contributed by atoms with Crippen LogP contribution in [0.25, 0.3) is 0 Å². The van der Waals surface area contributed by atoms with Gasteiger partial charge in [-0.15, -0.1) is 0 Å². The first-order chi connectivity index (χ1) is 24.8. The first-order valence-electron chi connectivity index (χ1n) is 16.4. The fourth-order valence-electron chi connectivity index (χ4n) is 5.10. The highest BCUT2D eigenvalue weighted by atomic mass is 16.5. The molecular weight excluding hydrogens is 648 g/mol. The number of nitrogens with one attached hydrogen (secondary N) is 1. The lowest BCUT2D eigenvalue weighted by Gasteiger charge is -2.23. The van der Waals surface area contributed by atoms with Crippen molar-refractivity contribution in [2.45, 2.75) is 26.3 Å². The Morgan fingerprint density at radius 3 is 1.88 bits per heavy atom. The maximum atomic E-state index is 13.2. The smallest absolute Gasteiger partial charge is 0.258 e. The van der Waals surface area contributed by atoms with Gasteiger partial charge in [0.25, 0.3) is 11.8 Å². The van der Waals surface area contributed by atoms with Gasteiger partial charge in [-0.1, -0.05) is 12.1 Å². The largest absolute Gasteiger partial charge is 0.497 e. The van der Waals surface area contributed by atoms with Gasteiger partial charge in [-0.2, -0.15) is 0 Å². The van der Waals surface area contributed by atoms with E-state index in [1.807, 2.05) is 74.5 Å². The minimum Gasteiger partial charge on any atom is -0.497 e. The van der Waals surface area contributed by atoms with Gasteiger partial charge in [-0.05, 0) is 98.8 Å². The van der Waals surface area contributed by atoms with Crippen LogP contribution >= 0.6 is 0 Å². The van der Waals surface area contributed by atoms with Gasteiger partial charge in [0.1, 0.15) is 11.5 Å². The molecule has 266 valence electrons. The maximum Gasteiger partial charge on any atom is 0.258 e. The molecule has 2 heterocycles. The molecule has 51 heavy (non-hydrogen) atoms. The molecule has 0 aliphatic heterocycles. The predicted octanol–water partition coefficient (Wildman–Crippen LogP) is 6.98. The number of methoxy groups -OCH3 is 4. The number of hydrogen-bond donors (Lipinski definition) is 1. The average molecular weight is 693 g/mol. The van der Waals surface area contributed by atoms with Crippen LogP contribution in [0.3, 0.4) is 0 Å². The molecule has 5 aromatic rings. The zero-order chi connectivity index (χ0) is 36.6. The molecular formula is C40H44N4O7. The number of benzene rings is 3. The van der Waals surface area contributed by atoms with Crippen molar-refractivity contribution in [3.05, 3.63) is 132 Å². The van der Waals surface area contributed by atoms with Crippen molar-refractivity contribution in [1.82, 2.24) is 15.3 Å². The fourth-order valence-corrected chi connectivity index (χ4v) is 5.10. The Morgan fingerprint density at radius 1 is 0.725 bits per heavy atom. The Balaban J connectivity index is 0.000000233. The van der Waals surface area contributed by atoms with Gasteiger partial charge in [-0.25, -0.2) is 0 Å². The molecule has 0 radical (unpaired) electrons. The van der Waals surface area contributed by atoms with Crippen LogP contribution in [0.4, 0.5) is 5.69 Å². The first-order valence-corrected chi connectivity index (χ1v) is 16.4. The molecule has 0 saturated carbocycles. The number of anilines is 1. The van der Waals surface area contributed by atoms with Gasteiger partial charge in [0.2, 0.25) is 5.75 Å². The van der Waals surface area contributed by atoms with Crippen LogP contribution in [-0.2, 0) is 6.42 Å². The van der Waals surface area contributed by atoms with Gasteiger partial charge in [0.15, 0.2) is 11.5 Å². The van der Waals surface area contributed by atoms with E-state index in [9.17, 15) is 9.59 Å². The zero-order valence-corrected chi connectivity index (χ0v) is 29.8. The lowest BCUT2D eigenvalue weighted by Crippen LogP contribution is -2.33. The lowest BCUT2D eigenvalue weighted by molar-refractivity contribution is 0.0937. The molecule has 11 nitrogen and oxygen atoms in total. The minimum absolute atomic E-state index is 0.0669. The number of rotatable bonds is 14. The summed E-state index contributed by atoms with van der Waals surface area (Å²) in [6.45, 7) is 4.95. The SMILES string of the molecule is CCOc1ccc(N(CCc2ccccn2)C(=O)c2ccc(OC)cc2)cc1.COc1cc(C(=O)NC(C)c2ccccn2)cc(OC)c1OC. The Hall–Kier alpha value is -6.10. The third kappa shape index (κ3) is 10.4. The first kappa shape index (κ1) is 37.7. The predicted molar refractivity (Wildman–Crippen MR) is 196 cm³/mol.